The van der Waals surface area contributed by atoms with Crippen LogP contribution in [0, 0.1) is 5.41 Å². The van der Waals surface area contributed by atoms with Crippen LogP contribution in [0.25, 0.3) is 33.7 Å². The predicted molar refractivity (Wildman–Crippen MR) is 144 cm³/mol. The number of hydrogen-bond acceptors (Lipinski definition) is 7. The van der Waals surface area contributed by atoms with Gasteiger partial charge in [0.2, 0.25) is 5.82 Å². The first-order valence-corrected chi connectivity index (χ1v) is 12.3. The maximum absolute atomic E-state index is 13.5. The lowest BCUT2D eigenvalue weighted by atomic mass is 9.92. The van der Waals surface area contributed by atoms with E-state index in [0.29, 0.717) is 24.3 Å². The number of tetrazole rings is 1. The first kappa shape index (κ1) is 25.3. The molecule has 2 N–H and O–H groups in total. The molecular formula is C27H30N8O3. The van der Waals surface area contributed by atoms with Gasteiger partial charge < -0.3 is 9.30 Å². The molecule has 196 valence electrons. The van der Waals surface area contributed by atoms with Crippen molar-refractivity contribution in [3.05, 3.63) is 80.8 Å². The van der Waals surface area contributed by atoms with Crippen molar-refractivity contribution in [2.24, 2.45) is 5.41 Å². The van der Waals surface area contributed by atoms with E-state index in [1.165, 1.54) is 7.11 Å². The number of ether oxygens (including phenoxy) is 1. The standard InChI is InChI=1S/C27H30N8O3/c1-16(38-5)35-25(36)22-24(29-26(35)37)28-21(14-27(2,3)4)34(22)15-17-10-12-18(13-11-17)19-8-6-7-9-20(19)23-30-32-33-31-23/h6-13,16H,14-15H2,1-5H3,(H,29,37)(H,30,31,32,33). The summed E-state index contributed by atoms with van der Waals surface area (Å²) in [5.41, 5.74) is 3.40. The summed E-state index contributed by atoms with van der Waals surface area (Å²) in [5.74, 6) is 1.26. The van der Waals surface area contributed by atoms with E-state index >= 15 is 0 Å². The Balaban J connectivity index is 1.58. The van der Waals surface area contributed by atoms with Crippen molar-refractivity contribution in [2.75, 3.05) is 7.11 Å². The molecule has 1 unspecified atom stereocenters. The molecule has 38 heavy (non-hydrogen) atoms. The Labute approximate surface area is 218 Å². The van der Waals surface area contributed by atoms with E-state index in [9.17, 15) is 9.59 Å². The number of rotatable bonds is 7. The van der Waals surface area contributed by atoms with Gasteiger partial charge in [-0.3, -0.25) is 9.78 Å². The summed E-state index contributed by atoms with van der Waals surface area (Å²) < 4.78 is 8.27. The van der Waals surface area contributed by atoms with Gasteiger partial charge >= 0.3 is 5.69 Å². The topological polar surface area (TPSA) is 136 Å². The average molecular weight is 515 g/mol. The molecule has 2 aromatic carbocycles. The minimum atomic E-state index is -0.719. The fraction of sp³-hybridized carbons (Fsp3) is 0.333. The zero-order valence-electron chi connectivity index (χ0n) is 22.0. The lowest BCUT2D eigenvalue weighted by Crippen LogP contribution is -2.38. The van der Waals surface area contributed by atoms with Gasteiger partial charge in [-0.05, 0) is 34.2 Å². The number of methoxy groups -OCH3 is 1. The van der Waals surface area contributed by atoms with Crippen molar-refractivity contribution in [2.45, 2.75) is 46.9 Å². The maximum atomic E-state index is 13.5. The van der Waals surface area contributed by atoms with Crippen LogP contribution < -0.4 is 11.2 Å². The van der Waals surface area contributed by atoms with Crippen LogP contribution >= 0.6 is 0 Å². The summed E-state index contributed by atoms with van der Waals surface area (Å²) in [6, 6.07) is 16.0. The number of aromatic nitrogens is 8. The molecule has 0 spiro atoms. The van der Waals surface area contributed by atoms with Crippen molar-refractivity contribution in [3.8, 4) is 22.5 Å². The zero-order valence-corrected chi connectivity index (χ0v) is 22.0. The monoisotopic (exact) mass is 514 g/mol. The number of benzene rings is 2. The SMILES string of the molecule is COC(C)n1c(=O)[nH]c2nc(CC(C)(C)C)n(Cc3ccc(-c4ccccc4-c4nn[nH]n4)cc3)c2c1=O. The molecular weight excluding hydrogens is 484 g/mol. The molecule has 11 nitrogen and oxygen atoms in total. The van der Waals surface area contributed by atoms with E-state index in [1.54, 1.807) is 6.92 Å². The van der Waals surface area contributed by atoms with Gasteiger partial charge in [-0.25, -0.2) is 14.3 Å². The third-order valence-corrected chi connectivity index (χ3v) is 6.42. The van der Waals surface area contributed by atoms with Gasteiger partial charge in [0.1, 0.15) is 12.1 Å². The van der Waals surface area contributed by atoms with E-state index in [4.69, 9.17) is 4.74 Å². The van der Waals surface area contributed by atoms with Gasteiger partial charge in [0.25, 0.3) is 5.56 Å². The molecule has 5 aromatic rings. The highest BCUT2D eigenvalue weighted by atomic mass is 16.5. The highest BCUT2D eigenvalue weighted by Gasteiger charge is 2.23. The molecule has 0 bridgehead atoms. The van der Waals surface area contributed by atoms with Crippen molar-refractivity contribution in [1.82, 2.24) is 39.7 Å². The normalized spacial score (nSPS) is 12.8. The van der Waals surface area contributed by atoms with Crippen LogP contribution in [-0.4, -0.2) is 46.8 Å². The maximum Gasteiger partial charge on any atom is 0.332 e. The molecule has 3 heterocycles. The summed E-state index contributed by atoms with van der Waals surface area (Å²) >= 11 is 0. The molecule has 0 aliphatic rings. The number of imidazole rings is 1. The number of nitrogens with one attached hydrogen (secondary N) is 2. The van der Waals surface area contributed by atoms with Gasteiger partial charge in [0.15, 0.2) is 11.2 Å². The Kier molecular flexibility index (Phi) is 6.53. The largest absolute Gasteiger partial charge is 0.361 e. The number of nitrogens with zero attached hydrogens (tertiary/aromatic N) is 6. The molecule has 0 fully saturated rings. The second-order valence-corrected chi connectivity index (χ2v) is 10.5. The molecule has 0 aliphatic heterocycles. The van der Waals surface area contributed by atoms with E-state index in [1.807, 2.05) is 53.1 Å². The number of H-pyrrole nitrogens is 2. The van der Waals surface area contributed by atoms with Crippen LogP contribution in [0.2, 0.25) is 0 Å². The second-order valence-electron chi connectivity index (χ2n) is 10.5. The average Bonchev–Trinajstić information content (AvgIpc) is 3.52. The summed E-state index contributed by atoms with van der Waals surface area (Å²) in [6.45, 7) is 8.41. The third-order valence-electron chi connectivity index (χ3n) is 6.42. The molecule has 5 rings (SSSR count). The lowest BCUT2D eigenvalue weighted by molar-refractivity contribution is 0.0542. The molecule has 0 amide bonds. The number of hydrogen-bond donors (Lipinski definition) is 2. The Bertz CT molecular complexity index is 1690. The van der Waals surface area contributed by atoms with Crippen LogP contribution in [0.4, 0.5) is 0 Å². The van der Waals surface area contributed by atoms with Crippen LogP contribution in [-0.2, 0) is 17.7 Å². The van der Waals surface area contributed by atoms with Crippen molar-refractivity contribution in [3.63, 3.8) is 0 Å². The molecule has 0 aliphatic carbocycles. The van der Waals surface area contributed by atoms with Crippen molar-refractivity contribution < 1.29 is 4.74 Å². The Hall–Kier alpha value is -4.38. The molecule has 1 atom stereocenters. The third kappa shape index (κ3) is 4.80. The van der Waals surface area contributed by atoms with Crippen LogP contribution in [0.15, 0.2) is 58.1 Å². The van der Waals surface area contributed by atoms with Gasteiger partial charge in [-0.2, -0.15) is 5.21 Å². The molecule has 3 aromatic heterocycles. The van der Waals surface area contributed by atoms with E-state index < -0.39 is 17.5 Å². The molecule has 0 radical (unpaired) electrons. The lowest BCUT2D eigenvalue weighted by Gasteiger charge is -2.19. The van der Waals surface area contributed by atoms with Crippen LogP contribution in [0.1, 0.15) is 45.3 Å². The zero-order chi connectivity index (χ0) is 27.0. The first-order valence-electron chi connectivity index (χ1n) is 12.3. The highest BCUT2D eigenvalue weighted by molar-refractivity contribution is 5.80. The number of aromatic amines is 2. The van der Waals surface area contributed by atoms with Gasteiger partial charge in [0, 0.05) is 25.6 Å². The summed E-state index contributed by atoms with van der Waals surface area (Å²) in [4.78, 5) is 33.6. The van der Waals surface area contributed by atoms with Gasteiger partial charge in [0.05, 0.1) is 0 Å². The Morgan fingerprint density at radius 2 is 1.74 bits per heavy atom. The van der Waals surface area contributed by atoms with Crippen molar-refractivity contribution >= 4 is 11.2 Å². The van der Waals surface area contributed by atoms with E-state index in [-0.39, 0.29) is 11.1 Å². The van der Waals surface area contributed by atoms with Crippen LogP contribution in [0.5, 0.6) is 0 Å². The van der Waals surface area contributed by atoms with Crippen molar-refractivity contribution in [1.29, 1.82) is 0 Å². The summed E-state index contributed by atoms with van der Waals surface area (Å²) in [7, 11) is 1.46. The van der Waals surface area contributed by atoms with E-state index in [2.05, 4.69) is 51.4 Å². The smallest absolute Gasteiger partial charge is 0.332 e. The van der Waals surface area contributed by atoms with Crippen LogP contribution in [0.3, 0.4) is 0 Å². The molecule has 0 saturated heterocycles. The molecule has 0 saturated carbocycles. The summed E-state index contributed by atoms with van der Waals surface area (Å²) in [6.07, 6.45) is -0.0947. The predicted octanol–water partition coefficient (Wildman–Crippen LogP) is 3.54. The van der Waals surface area contributed by atoms with Gasteiger partial charge in [-0.15, -0.1) is 10.2 Å². The summed E-state index contributed by atoms with van der Waals surface area (Å²) in [5, 5.41) is 14.4. The van der Waals surface area contributed by atoms with Gasteiger partial charge in [-0.1, -0.05) is 69.3 Å². The number of fused-ring (bicyclic) bond motifs is 1. The fourth-order valence-electron chi connectivity index (χ4n) is 4.56. The van der Waals surface area contributed by atoms with E-state index in [0.717, 1.165) is 32.6 Å². The minimum absolute atomic E-state index is 0.0824. The quantitative estimate of drug-likeness (QED) is 0.339. The molecule has 11 heteroatoms. The highest BCUT2D eigenvalue weighted by Crippen LogP contribution is 2.30. The first-order chi connectivity index (χ1) is 18.2. The minimum Gasteiger partial charge on any atom is -0.361 e. The second kappa shape index (κ2) is 9.82. The fourth-order valence-corrected chi connectivity index (χ4v) is 4.56. The Morgan fingerprint density at radius 1 is 1.03 bits per heavy atom. The Morgan fingerprint density at radius 3 is 2.37 bits per heavy atom.